The standard InChI is InChI=1S/C22H23NO4/c24-22-19-9-8-17(25-11-4-7-18-14-23-10-12-26-18)13-21(19)27-15-20(22)16-5-2-1-3-6-16/h1-3,5-6,8-9,13,15,18,23H,4,7,10-12,14H2. The number of benzene rings is 2. The summed E-state index contributed by atoms with van der Waals surface area (Å²) in [5.41, 5.74) is 1.93. The van der Waals surface area contributed by atoms with Gasteiger partial charge in [-0.2, -0.15) is 0 Å². The Morgan fingerprint density at radius 3 is 2.85 bits per heavy atom. The van der Waals surface area contributed by atoms with Crippen molar-refractivity contribution < 1.29 is 13.9 Å². The third-order valence-corrected chi connectivity index (χ3v) is 4.77. The Balaban J connectivity index is 1.42. The molecular formula is C22H23NO4. The fourth-order valence-electron chi connectivity index (χ4n) is 3.32. The second kappa shape index (κ2) is 8.37. The van der Waals surface area contributed by atoms with Gasteiger partial charge in [-0.15, -0.1) is 0 Å². The Bertz CT molecular complexity index is 945. The molecule has 1 unspecified atom stereocenters. The monoisotopic (exact) mass is 365 g/mol. The number of hydrogen-bond acceptors (Lipinski definition) is 5. The molecule has 27 heavy (non-hydrogen) atoms. The summed E-state index contributed by atoms with van der Waals surface area (Å²) in [7, 11) is 0. The van der Waals surface area contributed by atoms with Crippen LogP contribution in [0.2, 0.25) is 0 Å². The molecule has 140 valence electrons. The molecule has 3 aromatic rings. The van der Waals surface area contributed by atoms with Crippen LogP contribution < -0.4 is 15.5 Å². The number of hydrogen-bond donors (Lipinski definition) is 1. The van der Waals surface area contributed by atoms with Gasteiger partial charge in [0.1, 0.15) is 17.6 Å². The molecule has 0 saturated carbocycles. The van der Waals surface area contributed by atoms with E-state index in [1.165, 1.54) is 6.26 Å². The van der Waals surface area contributed by atoms with Crippen molar-refractivity contribution in [1.29, 1.82) is 0 Å². The van der Waals surface area contributed by atoms with Crippen LogP contribution in [0.4, 0.5) is 0 Å². The van der Waals surface area contributed by atoms with Crippen molar-refractivity contribution in [2.24, 2.45) is 0 Å². The Morgan fingerprint density at radius 2 is 2.04 bits per heavy atom. The van der Waals surface area contributed by atoms with Crippen molar-refractivity contribution in [2.75, 3.05) is 26.3 Å². The summed E-state index contributed by atoms with van der Waals surface area (Å²) in [6, 6.07) is 14.9. The summed E-state index contributed by atoms with van der Waals surface area (Å²) in [5, 5.41) is 3.89. The van der Waals surface area contributed by atoms with E-state index in [1.54, 1.807) is 12.1 Å². The van der Waals surface area contributed by atoms with Gasteiger partial charge < -0.3 is 19.2 Å². The van der Waals surface area contributed by atoms with E-state index in [4.69, 9.17) is 13.9 Å². The Hall–Kier alpha value is -2.63. The average molecular weight is 365 g/mol. The average Bonchev–Trinajstić information content (AvgIpc) is 2.73. The van der Waals surface area contributed by atoms with Crippen LogP contribution in [-0.2, 0) is 4.74 Å². The predicted molar refractivity (Wildman–Crippen MR) is 105 cm³/mol. The Kier molecular flexibility index (Phi) is 5.51. The van der Waals surface area contributed by atoms with Crippen molar-refractivity contribution in [3.63, 3.8) is 0 Å². The molecule has 2 heterocycles. The summed E-state index contributed by atoms with van der Waals surface area (Å²) in [6.45, 7) is 3.23. The quantitative estimate of drug-likeness (QED) is 0.676. The van der Waals surface area contributed by atoms with Gasteiger partial charge in [0.15, 0.2) is 5.43 Å². The van der Waals surface area contributed by atoms with Gasteiger partial charge in [0.25, 0.3) is 0 Å². The van der Waals surface area contributed by atoms with Crippen molar-refractivity contribution in [3.8, 4) is 16.9 Å². The van der Waals surface area contributed by atoms with Crippen molar-refractivity contribution in [2.45, 2.75) is 18.9 Å². The maximum absolute atomic E-state index is 12.8. The van der Waals surface area contributed by atoms with E-state index in [9.17, 15) is 4.79 Å². The predicted octanol–water partition coefficient (Wildman–Crippen LogP) is 3.61. The van der Waals surface area contributed by atoms with E-state index in [1.807, 2.05) is 36.4 Å². The first-order valence-corrected chi connectivity index (χ1v) is 9.37. The van der Waals surface area contributed by atoms with Crippen LogP contribution in [0.5, 0.6) is 5.75 Å². The molecule has 0 aliphatic carbocycles. The molecule has 5 heteroatoms. The molecule has 5 nitrogen and oxygen atoms in total. The van der Waals surface area contributed by atoms with Crippen molar-refractivity contribution >= 4 is 11.0 Å². The van der Waals surface area contributed by atoms with E-state index in [2.05, 4.69) is 5.32 Å². The van der Waals surface area contributed by atoms with Gasteiger partial charge in [0, 0.05) is 19.2 Å². The molecule has 0 bridgehead atoms. The zero-order valence-corrected chi connectivity index (χ0v) is 15.1. The molecule has 0 amide bonds. The molecule has 1 N–H and O–H groups in total. The van der Waals surface area contributed by atoms with Crippen LogP contribution in [0.1, 0.15) is 12.8 Å². The minimum Gasteiger partial charge on any atom is -0.493 e. The highest BCUT2D eigenvalue weighted by Crippen LogP contribution is 2.23. The fourth-order valence-corrected chi connectivity index (χ4v) is 3.32. The molecule has 1 aliphatic rings. The van der Waals surface area contributed by atoms with E-state index >= 15 is 0 Å². The number of nitrogens with one attached hydrogen (secondary N) is 1. The number of rotatable bonds is 6. The fraction of sp³-hybridized carbons (Fsp3) is 0.318. The molecule has 0 spiro atoms. The lowest BCUT2D eigenvalue weighted by atomic mass is 10.1. The molecule has 0 radical (unpaired) electrons. The first-order valence-electron chi connectivity index (χ1n) is 9.37. The van der Waals surface area contributed by atoms with E-state index in [0.29, 0.717) is 28.9 Å². The number of morpholine rings is 1. The normalized spacial score (nSPS) is 17.1. The highest BCUT2D eigenvalue weighted by atomic mass is 16.5. The third kappa shape index (κ3) is 4.21. The summed E-state index contributed by atoms with van der Waals surface area (Å²) in [5.74, 6) is 0.709. The van der Waals surface area contributed by atoms with Crippen LogP contribution in [0.25, 0.3) is 22.1 Å². The number of ether oxygens (including phenoxy) is 2. The first-order chi connectivity index (χ1) is 13.3. The van der Waals surface area contributed by atoms with Crippen LogP contribution in [0.3, 0.4) is 0 Å². The summed E-state index contributed by atoms with van der Waals surface area (Å²) in [6.07, 6.45) is 3.68. The zero-order chi connectivity index (χ0) is 18.5. The highest BCUT2D eigenvalue weighted by molar-refractivity contribution is 5.82. The van der Waals surface area contributed by atoms with Gasteiger partial charge in [-0.3, -0.25) is 4.79 Å². The maximum Gasteiger partial charge on any atom is 0.200 e. The van der Waals surface area contributed by atoms with E-state index in [0.717, 1.165) is 38.1 Å². The molecule has 2 aromatic carbocycles. The van der Waals surface area contributed by atoms with Crippen molar-refractivity contribution in [1.82, 2.24) is 5.32 Å². The lowest BCUT2D eigenvalue weighted by molar-refractivity contribution is 0.0204. The van der Waals surface area contributed by atoms with E-state index in [-0.39, 0.29) is 11.5 Å². The summed E-state index contributed by atoms with van der Waals surface area (Å²) < 4.78 is 17.2. The minimum atomic E-state index is -0.0315. The van der Waals surface area contributed by atoms with Gasteiger partial charge in [-0.25, -0.2) is 0 Å². The lowest BCUT2D eigenvalue weighted by Gasteiger charge is -2.23. The third-order valence-electron chi connectivity index (χ3n) is 4.77. The molecule has 1 aromatic heterocycles. The molecule has 1 saturated heterocycles. The topological polar surface area (TPSA) is 60.7 Å². The zero-order valence-electron chi connectivity index (χ0n) is 15.1. The maximum atomic E-state index is 12.8. The first kappa shape index (κ1) is 17.8. The lowest BCUT2D eigenvalue weighted by Crippen LogP contribution is -2.38. The van der Waals surface area contributed by atoms with E-state index < -0.39 is 0 Å². The summed E-state index contributed by atoms with van der Waals surface area (Å²) in [4.78, 5) is 12.8. The molecule has 1 atom stereocenters. The molecule has 1 fully saturated rings. The Morgan fingerprint density at radius 1 is 1.15 bits per heavy atom. The van der Waals surface area contributed by atoms with Gasteiger partial charge in [-0.05, 0) is 30.5 Å². The second-order valence-electron chi connectivity index (χ2n) is 6.69. The van der Waals surface area contributed by atoms with Crippen LogP contribution in [0.15, 0.2) is 64.0 Å². The summed E-state index contributed by atoms with van der Waals surface area (Å²) >= 11 is 0. The largest absolute Gasteiger partial charge is 0.493 e. The second-order valence-corrected chi connectivity index (χ2v) is 6.69. The molecular weight excluding hydrogens is 342 g/mol. The highest BCUT2D eigenvalue weighted by Gasteiger charge is 2.13. The van der Waals surface area contributed by atoms with Gasteiger partial charge in [-0.1, -0.05) is 30.3 Å². The van der Waals surface area contributed by atoms with Crippen molar-refractivity contribution in [3.05, 3.63) is 65.0 Å². The minimum absolute atomic E-state index is 0.0315. The smallest absolute Gasteiger partial charge is 0.200 e. The van der Waals surface area contributed by atoms with Gasteiger partial charge in [0.05, 0.1) is 30.3 Å². The van der Waals surface area contributed by atoms with Crippen LogP contribution >= 0.6 is 0 Å². The SMILES string of the molecule is O=c1c(-c2ccccc2)coc2cc(OCCCC3CNCCO3)ccc12. The Labute approximate surface area is 157 Å². The molecule has 1 aliphatic heterocycles. The van der Waals surface area contributed by atoms with Gasteiger partial charge >= 0.3 is 0 Å². The van der Waals surface area contributed by atoms with Gasteiger partial charge in [0.2, 0.25) is 0 Å². The van der Waals surface area contributed by atoms with Crippen LogP contribution in [-0.4, -0.2) is 32.4 Å². The number of fused-ring (bicyclic) bond motifs is 1. The van der Waals surface area contributed by atoms with Crippen LogP contribution in [0, 0.1) is 0 Å². The molecule has 4 rings (SSSR count).